The number of aromatic nitrogens is 5. The second kappa shape index (κ2) is 20.1. The number of pyridine rings is 1. The predicted molar refractivity (Wildman–Crippen MR) is 225 cm³/mol. The van der Waals surface area contributed by atoms with Crippen LogP contribution in [0.2, 0.25) is 10.0 Å². The van der Waals surface area contributed by atoms with Crippen molar-refractivity contribution in [2.24, 2.45) is 0 Å². The Bertz CT molecular complexity index is 2240. The van der Waals surface area contributed by atoms with Crippen LogP contribution in [0.3, 0.4) is 0 Å². The monoisotopic (exact) mass is 837 g/mol. The number of carbonyl (C=O) groups excluding carboxylic acids is 1. The van der Waals surface area contributed by atoms with Gasteiger partial charge in [0.2, 0.25) is 5.91 Å². The first-order valence-electron chi connectivity index (χ1n) is 20.1. The van der Waals surface area contributed by atoms with E-state index in [1.165, 1.54) is 6.20 Å². The molecule has 7 rings (SSSR count). The number of H-pyrrole nitrogens is 1. The van der Waals surface area contributed by atoms with E-state index >= 15 is 0 Å². The van der Waals surface area contributed by atoms with Crippen molar-refractivity contribution >= 4 is 29.1 Å². The minimum absolute atomic E-state index is 0.0331. The molecule has 59 heavy (non-hydrogen) atoms. The van der Waals surface area contributed by atoms with Crippen molar-refractivity contribution in [2.75, 3.05) is 32.8 Å². The molecule has 308 valence electrons. The van der Waals surface area contributed by atoms with Crippen LogP contribution in [0.5, 0.6) is 17.2 Å². The Labute approximate surface area is 355 Å². The molecule has 13 nitrogen and oxygen atoms in total. The van der Waals surface area contributed by atoms with E-state index in [2.05, 4.69) is 59.8 Å². The zero-order valence-electron chi connectivity index (χ0n) is 33.4. The molecule has 2 saturated heterocycles. The zero-order valence-corrected chi connectivity index (χ0v) is 34.9. The van der Waals surface area contributed by atoms with Gasteiger partial charge in [-0.3, -0.25) is 14.7 Å². The Morgan fingerprint density at radius 3 is 2.54 bits per heavy atom. The maximum absolute atomic E-state index is 11.4. The number of ether oxygens (including phenoxy) is 3. The molecule has 2 aliphatic rings. The number of nitrogens with zero attached hydrogens (tertiary/aromatic N) is 7. The normalized spacial score (nSPS) is 16.4. The van der Waals surface area contributed by atoms with E-state index < -0.39 is 0 Å². The van der Waals surface area contributed by atoms with Crippen molar-refractivity contribution < 1.29 is 19.0 Å². The highest BCUT2D eigenvalue weighted by molar-refractivity contribution is 6.35. The molecule has 3 aromatic carbocycles. The summed E-state index contributed by atoms with van der Waals surface area (Å²) in [6.07, 6.45) is 9.09. The molecule has 0 radical (unpaired) electrons. The highest BCUT2D eigenvalue weighted by Crippen LogP contribution is 2.40. The molecule has 0 spiro atoms. The summed E-state index contributed by atoms with van der Waals surface area (Å²) in [4.78, 5) is 20.4. The average Bonchev–Trinajstić information content (AvgIpc) is 3.79. The standard InChI is InChI=1S/C44H49Cl2N9O4/c1-29-33(8-5-9-36(29)37-10-6-12-40(43(37)46)57-19-7-15-54-17-13-35(14-18-54)49-30(2)56)28-59-42-22-41(58-27-32-20-31(23-47)24-48-25-32)34(21-38(42)45)26-55-16-4-3-11-39(55)44-50-52-53-51-44/h5-6,8-10,12,20-22,24-25,35,39H,3-4,7,11,13-19,26-28H2,1-2H3,(H,49,56)(H,50,51,52,53). The summed E-state index contributed by atoms with van der Waals surface area (Å²) in [6, 6.07) is 19.9. The topological polar surface area (TPSA) is 154 Å². The highest BCUT2D eigenvalue weighted by Gasteiger charge is 2.28. The second-order valence-corrected chi connectivity index (χ2v) is 15.9. The van der Waals surface area contributed by atoms with Gasteiger partial charge in [0.25, 0.3) is 0 Å². The summed E-state index contributed by atoms with van der Waals surface area (Å²) < 4.78 is 19.1. The van der Waals surface area contributed by atoms with E-state index in [4.69, 9.17) is 37.4 Å². The number of nitriles is 1. The van der Waals surface area contributed by atoms with Crippen LogP contribution in [0, 0.1) is 18.3 Å². The molecule has 5 aromatic rings. The molecule has 2 aromatic heterocycles. The van der Waals surface area contributed by atoms with Crippen LogP contribution in [0.1, 0.15) is 85.1 Å². The summed E-state index contributed by atoms with van der Waals surface area (Å²) in [7, 11) is 0. The minimum atomic E-state index is 0.0331. The summed E-state index contributed by atoms with van der Waals surface area (Å²) >= 11 is 14.0. The van der Waals surface area contributed by atoms with Crippen LogP contribution in [0.25, 0.3) is 11.1 Å². The number of likely N-dealkylation sites (tertiary alicyclic amines) is 2. The van der Waals surface area contributed by atoms with Crippen molar-refractivity contribution in [1.82, 2.24) is 40.7 Å². The number of halogens is 2. The summed E-state index contributed by atoms with van der Waals surface area (Å²) in [5, 5.41) is 28.3. The quantitative estimate of drug-likeness (QED) is 0.0930. The van der Waals surface area contributed by atoms with E-state index in [0.29, 0.717) is 46.0 Å². The SMILES string of the molecule is CC(=O)NC1CCN(CCCOc2cccc(-c3cccc(COc4cc(OCc5cncc(C#N)c5)c(CN5CCCCC5c5nnn[nH]5)cc4Cl)c3C)c2Cl)CC1. The van der Waals surface area contributed by atoms with E-state index in [-0.39, 0.29) is 31.2 Å². The van der Waals surface area contributed by atoms with E-state index in [1.54, 1.807) is 19.2 Å². The predicted octanol–water partition coefficient (Wildman–Crippen LogP) is 8.00. The smallest absolute Gasteiger partial charge is 0.217 e. The lowest BCUT2D eigenvalue weighted by Crippen LogP contribution is -2.44. The van der Waals surface area contributed by atoms with Gasteiger partial charge in [-0.15, -0.1) is 5.10 Å². The summed E-state index contributed by atoms with van der Waals surface area (Å²) in [6.45, 7) is 8.94. The Hall–Kier alpha value is -5.26. The van der Waals surface area contributed by atoms with Gasteiger partial charge in [-0.1, -0.05) is 60.0 Å². The first-order valence-corrected chi connectivity index (χ1v) is 20.9. The maximum atomic E-state index is 11.4. The van der Waals surface area contributed by atoms with E-state index in [1.807, 2.05) is 42.5 Å². The second-order valence-electron chi connectivity index (χ2n) is 15.2. The maximum Gasteiger partial charge on any atom is 0.217 e. The summed E-state index contributed by atoms with van der Waals surface area (Å²) in [5.74, 6) is 2.53. The largest absolute Gasteiger partial charge is 0.492 e. The fraction of sp³-hybridized carbons (Fsp3) is 0.409. The van der Waals surface area contributed by atoms with Crippen LogP contribution in [-0.4, -0.2) is 80.1 Å². The first kappa shape index (κ1) is 41.9. The van der Waals surface area contributed by atoms with Gasteiger partial charge in [0.15, 0.2) is 5.82 Å². The molecule has 0 bridgehead atoms. The number of aromatic amines is 1. The third-order valence-electron chi connectivity index (χ3n) is 11.1. The molecular formula is C44H49Cl2N9O4. The lowest BCUT2D eigenvalue weighted by atomic mass is 9.96. The number of carbonyl (C=O) groups is 1. The van der Waals surface area contributed by atoms with Crippen molar-refractivity contribution in [1.29, 1.82) is 5.26 Å². The van der Waals surface area contributed by atoms with Gasteiger partial charge in [-0.25, -0.2) is 5.10 Å². The first-order chi connectivity index (χ1) is 28.7. The molecule has 0 saturated carbocycles. The van der Waals surface area contributed by atoms with Crippen LogP contribution < -0.4 is 19.5 Å². The van der Waals surface area contributed by atoms with Crippen molar-refractivity contribution in [3.05, 3.63) is 111 Å². The van der Waals surface area contributed by atoms with E-state index in [9.17, 15) is 10.1 Å². The number of benzene rings is 3. The van der Waals surface area contributed by atoms with Gasteiger partial charge in [0.1, 0.15) is 36.5 Å². The molecule has 2 N–H and O–H groups in total. The third-order valence-corrected chi connectivity index (χ3v) is 11.7. The number of nitrogens with one attached hydrogen (secondary N) is 2. The van der Waals surface area contributed by atoms with Crippen molar-refractivity contribution in [3.63, 3.8) is 0 Å². The number of hydrogen-bond acceptors (Lipinski definition) is 11. The Kier molecular flexibility index (Phi) is 14.3. The molecule has 2 aliphatic heterocycles. The van der Waals surface area contributed by atoms with Gasteiger partial charge in [-0.2, -0.15) is 5.26 Å². The van der Waals surface area contributed by atoms with E-state index in [0.717, 1.165) is 104 Å². The lowest BCUT2D eigenvalue weighted by Gasteiger charge is -2.34. The van der Waals surface area contributed by atoms with Gasteiger partial charge in [0, 0.05) is 74.3 Å². The number of piperidine rings is 2. The highest BCUT2D eigenvalue weighted by atomic mass is 35.5. The number of hydrogen-bond donors (Lipinski definition) is 2. The number of rotatable bonds is 16. The fourth-order valence-corrected chi connectivity index (χ4v) is 8.45. The van der Waals surface area contributed by atoms with Crippen LogP contribution in [0.4, 0.5) is 0 Å². The lowest BCUT2D eigenvalue weighted by molar-refractivity contribution is -0.119. The Morgan fingerprint density at radius 2 is 1.75 bits per heavy atom. The van der Waals surface area contributed by atoms with Gasteiger partial charge < -0.3 is 24.4 Å². The zero-order chi connectivity index (χ0) is 41.1. The molecule has 1 amide bonds. The van der Waals surface area contributed by atoms with Crippen LogP contribution in [-0.2, 0) is 24.6 Å². The Balaban J connectivity index is 1.03. The molecule has 2 fully saturated rings. The molecule has 4 heterocycles. The molecule has 0 aliphatic carbocycles. The molecular weight excluding hydrogens is 789 g/mol. The minimum Gasteiger partial charge on any atom is -0.492 e. The molecule has 1 unspecified atom stereocenters. The average molecular weight is 839 g/mol. The molecule has 15 heteroatoms. The Morgan fingerprint density at radius 1 is 0.932 bits per heavy atom. The van der Waals surface area contributed by atoms with Gasteiger partial charge in [0.05, 0.1) is 28.3 Å². The number of tetrazole rings is 1. The third kappa shape index (κ3) is 10.9. The van der Waals surface area contributed by atoms with Crippen LogP contribution >= 0.6 is 23.2 Å². The van der Waals surface area contributed by atoms with Crippen molar-refractivity contribution in [3.8, 4) is 34.4 Å². The van der Waals surface area contributed by atoms with Crippen molar-refractivity contribution in [2.45, 2.75) is 84.2 Å². The van der Waals surface area contributed by atoms with Gasteiger partial charge >= 0.3 is 0 Å². The van der Waals surface area contributed by atoms with Gasteiger partial charge in [-0.05, 0) is 90.9 Å². The molecule has 1 atom stereocenters. The summed E-state index contributed by atoms with van der Waals surface area (Å²) in [5.41, 5.74) is 6.00. The number of amides is 1. The fourth-order valence-electron chi connectivity index (χ4n) is 7.93. The van der Waals surface area contributed by atoms with Crippen LogP contribution in [0.15, 0.2) is 67.0 Å².